The Kier molecular flexibility index (Phi) is 2.60. The maximum atomic E-state index is 13.5. The van der Waals surface area contributed by atoms with Crippen LogP contribution in [0.25, 0.3) is 11.1 Å². The Morgan fingerprint density at radius 2 is 1.62 bits per heavy atom. The molecule has 82 valence electrons. The topological polar surface area (TPSA) is 20.2 Å². The van der Waals surface area contributed by atoms with E-state index in [9.17, 15) is 13.9 Å². The van der Waals surface area contributed by atoms with E-state index in [2.05, 4.69) is 0 Å². The van der Waals surface area contributed by atoms with Gasteiger partial charge in [-0.05, 0) is 18.6 Å². The Hall–Kier alpha value is -1.90. The van der Waals surface area contributed by atoms with Crippen molar-refractivity contribution in [3.8, 4) is 16.9 Å². The van der Waals surface area contributed by atoms with Gasteiger partial charge in [0.2, 0.25) is 0 Å². The van der Waals surface area contributed by atoms with E-state index in [1.54, 1.807) is 24.3 Å². The number of rotatable bonds is 1. The summed E-state index contributed by atoms with van der Waals surface area (Å²) in [5.74, 6) is -2.27. The Morgan fingerprint density at radius 1 is 1.00 bits per heavy atom. The molecule has 0 saturated carbocycles. The second-order valence-electron chi connectivity index (χ2n) is 3.66. The van der Waals surface area contributed by atoms with Crippen LogP contribution in [-0.4, -0.2) is 5.11 Å². The van der Waals surface area contributed by atoms with Gasteiger partial charge in [-0.15, -0.1) is 0 Å². The van der Waals surface area contributed by atoms with Gasteiger partial charge in [0.15, 0.2) is 11.6 Å². The zero-order valence-corrected chi connectivity index (χ0v) is 8.67. The summed E-state index contributed by atoms with van der Waals surface area (Å²) in [6.45, 7) is 1.91. The van der Waals surface area contributed by atoms with Gasteiger partial charge in [-0.3, -0.25) is 0 Å². The molecule has 0 fully saturated rings. The summed E-state index contributed by atoms with van der Waals surface area (Å²) in [6, 6.07) is 8.95. The third-order valence-electron chi connectivity index (χ3n) is 2.38. The van der Waals surface area contributed by atoms with Gasteiger partial charge in [0.05, 0.1) is 0 Å². The lowest BCUT2D eigenvalue weighted by Gasteiger charge is -2.05. The van der Waals surface area contributed by atoms with Crippen LogP contribution in [0.3, 0.4) is 0 Å². The van der Waals surface area contributed by atoms with Gasteiger partial charge < -0.3 is 5.11 Å². The van der Waals surface area contributed by atoms with Crippen molar-refractivity contribution in [2.45, 2.75) is 6.92 Å². The number of hydrogen-bond donors (Lipinski definition) is 1. The third-order valence-corrected chi connectivity index (χ3v) is 2.38. The molecule has 1 nitrogen and oxygen atoms in total. The molecular formula is C13H10F2O. The van der Waals surface area contributed by atoms with Gasteiger partial charge in [0, 0.05) is 11.6 Å². The molecule has 2 rings (SSSR count). The molecule has 0 aliphatic heterocycles. The molecule has 16 heavy (non-hydrogen) atoms. The fraction of sp³-hybridized carbons (Fsp3) is 0.0769. The Bertz CT molecular complexity index is 518. The highest BCUT2D eigenvalue weighted by Gasteiger charge is 2.11. The fourth-order valence-corrected chi connectivity index (χ4v) is 1.52. The second kappa shape index (κ2) is 3.93. The van der Waals surface area contributed by atoms with E-state index in [-0.39, 0.29) is 11.3 Å². The highest BCUT2D eigenvalue weighted by atomic mass is 19.2. The molecule has 3 heteroatoms. The van der Waals surface area contributed by atoms with Crippen LogP contribution in [0.1, 0.15) is 5.56 Å². The van der Waals surface area contributed by atoms with Crippen molar-refractivity contribution < 1.29 is 13.9 Å². The Morgan fingerprint density at radius 3 is 2.25 bits per heavy atom. The molecule has 0 heterocycles. The Labute approximate surface area is 92.0 Å². The number of halogens is 2. The van der Waals surface area contributed by atoms with Crippen LogP contribution in [0.5, 0.6) is 5.75 Å². The second-order valence-corrected chi connectivity index (χ2v) is 3.66. The number of aromatic hydroxyl groups is 1. The summed E-state index contributed by atoms with van der Waals surface area (Å²) in [4.78, 5) is 0. The molecule has 2 aromatic carbocycles. The van der Waals surface area contributed by atoms with Gasteiger partial charge >= 0.3 is 0 Å². The number of phenolic OH excluding ortho intramolecular Hbond substituents is 1. The lowest BCUT2D eigenvalue weighted by atomic mass is 10.0. The van der Waals surface area contributed by atoms with Crippen molar-refractivity contribution >= 4 is 0 Å². The maximum absolute atomic E-state index is 13.5. The average Bonchev–Trinajstić information content (AvgIpc) is 2.25. The van der Waals surface area contributed by atoms with E-state index in [1.165, 1.54) is 6.07 Å². The standard InChI is InChI=1S/C13H10F2O/c1-8-2-4-9(5-3-8)11-6-10(16)7-12(14)13(11)15/h2-7,16H,1H3. The molecule has 1 N–H and O–H groups in total. The lowest BCUT2D eigenvalue weighted by Crippen LogP contribution is -1.89. The van der Waals surface area contributed by atoms with Gasteiger partial charge in [-0.25, -0.2) is 8.78 Å². The maximum Gasteiger partial charge on any atom is 0.166 e. The first-order valence-electron chi connectivity index (χ1n) is 4.83. The van der Waals surface area contributed by atoms with E-state index in [0.29, 0.717) is 5.56 Å². The molecule has 0 aromatic heterocycles. The first-order chi connectivity index (χ1) is 7.58. The molecule has 2 aromatic rings. The highest BCUT2D eigenvalue weighted by molar-refractivity contribution is 5.66. The summed E-state index contributed by atoms with van der Waals surface area (Å²) in [5, 5.41) is 9.23. The van der Waals surface area contributed by atoms with E-state index in [4.69, 9.17) is 0 Å². The SMILES string of the molecule is Cc1ccc(-c2cc(O)cc(F)c2F)cc1. The van der Waals surface area contributed by atoms with Gasteiger partial charge in [0.25, 0.3) is 0 Å². The first kappa shape index (κ1) is 10.6. The lowest BCUT2D eigenvalue weighted by molar-refractivity contribution is 0.456. The zero-order valence-electron chi connectivity index (χ0n) is 8.67. The van der Waals surface area contributed by atoms with Gasteiger partial charge in [-0.1, -0.05) is 29.8 Å². The van der Waals surface area contributed by atoms with Crippen LogP contribution < -0.4 is 0 Å². The molecule has 0 spiro atoms. The van der Waals surface area contributed by atoms with Crippen molar-refractivity contribution in [2.24, 2.45) is 0 Å². The van der Waals surface area contributed by atoms with E-state index in [1.807, 2.05) is 6.92 Å². The van der Waals surface area contributed by atoms with Crippen LogP contribution in [0, 0.1) is 18.6 Å². The van der Waals surface area contributed by atoms with Crippen molar-refractivity contribution in [3.05, 3.63) is 53.6 Å². The monoisotopic (exact) mass is 220 g/mol. The molecule has 0 saturated heterocycles. The van der Waals surface area contributed by atoms with Crippen molar-refractivity contribution in [2.75, 3.05) is 0 Å². The minimum atomic E-state index is -1.05. The summed E-state index contributed by atoms with van der Waals surface area (Å²) < 4.78 is 26.6. The number of hydrogen-bond acceptors (Lipinski definition) is 1. The molecule has 0 bridgehead atoms. The largest absolute Gasteiger partial charge is 0.508 e. The van der Waals surface area contributed by atoms with Gasteiger partial charge in [0.1, 0.15) is 5.75 Å². The molecule has 0 radical (unpaired) electrons. The third kappa shape index (κ3) is 1.89. The predicted octanol–water partition coefficient (Wildman–Crippen LogP) is 3.65. The normalized spacial score (nSPS) is 10.4. The number of benzene rings is 2. The number of aryl methyl sites for hydroxylation is 1. The molecule has 0 aliphatic carbocycles. The minimum absolute atomic E-state index is 0.0671. The summed E-state index contributed by atoms with van der Waals surface area (Å²) in [5.41, 5.74) is 1.64. The minimum Gasteiger partial charge on any atom is -0.508 e. The van der Waals surface area contributed by atoms with Crippen molar-refractivity contribution in [3.63, 3.8) is 0 Å². The molecule has 0 atom stereocenters. The quantitative estimate of drug-likeness (QED) is 0.777. The molecular weight excluding hydrogens is 210 g/mol. The molecule has 0 amide bonds. The van der Waals surface area contributed by atoms with Crippen molar-refractivity contribution in [1.29, 1.82) is 0 Å². The fourth-order valence-electron chi connectivity index (χ4n) is 1.52. The van der Waals surface area contributed by atoms with Crippen molar-refractivity contribution in [1.82, 2.24) is 0 Å². The van der Waals surface area contributed by atoms with E-state index in [0.717, 1.165) is 11.6 Å². The molecule has 0 unspecified atom stereocenters. The van der Waals surface area contributed by atoms with Crippen LogP contribution in [-0.2, 0) is 0 Å². The first-order valence-corrected chi connectivity index (χ1v) is 4.83. The average molecular weight is 220 g/mol. The molecule has 0 aliphatic rings. The van der Waals surface area contributed by atoms with E-state index >= 15 is 0 Å². The number of phenols is 1. The summed E-state index contributed by atoms with van der Waals surface area (Å²) >= 11 is 0. The van der Waals surface area contributed by atoms with Crippen LogP contribution in [0.4, 0.5) is 8.78 Å². The van der Waals surface area contributed by atoms with Crippen LogP contribution in [0.2, 0.25) is 0 Å². The van der Waals surface area contributed by atoms with E-state index < -0.39 is 11.6 Å². The summed E-state index contributed by atoms with van der Waals surface area (Å²) in [6.07, 6.45) is 0. The predicted molar refractivity (Wildman–Crippen MR) is 58.2 cm³/mol. The zero-order chi connectivity index (χ0) is 11.7. The van der Waals surface area contributed by atoms with Crippen LogP contribution in [0.15, 0.2) is 36.4 Å². The van der Waals surface area contributed by atoms with Gasteiger partial charge in [-0.2, -0.15) is 0 Å². The highest BCUT2D eigenvalue weighted by Crippen LogP contribution is 2.28. The Balaban J connectivity index is 2.59. The van der Waals surface area contributed by atoms with Crippen LogP contribution >= 0.6 is 0 Å². The smallest absolute Gasteiger partial charge is 0.166 e. The summed E-state index contributed by atoms with van der Waals surface area (Å²) in [7, 11) is 0.